The largest absolute Gasteiger partial charge is 0.326 e. The molecule has 1 amide bonds. The Labute approximate surface area is 137 Å². The number of nitrogens with one attached hydrogen (secondary N) is 2. The SMILES string of the molecule is O=C1Cc2cc(S(=O)(=O)Nc3cc(Cl)cc(Cl)c3)ccc2N1. The van der Waals surface area contributed by atoms with Gasteiger partial charge >= 0.3 is 0 Å². The second kappa shape index (κ2) is 5.46. The van der Waals surface area contributed by atoms with Gasteiger partial charge < -0.3 is 5.32 Å². The third kappa shape index (κ3) is 3.04. The molecule has 1 heterocycles. The average molecular weight is 357 g/mol. The summed E-state index contributed by atoms with van der Waals surface area (Å²) in [5.41, 5.74) is 1.55. The monoisotopic (exact) mass is 356 g/mol. The van der Waals surface area contributed by atoms with E-state index in [0.717, 1.165) is 0 Å². The van der Waals surface area contributed by atoms with E-state index in [2.05, 4.69) is 10.0 Å². The molecular formula is C14H10Cl2N2O3S. The van der Waals surface area contributed by atoms with Crippen LogP contribution < -0.4 is 10.0 Å². The minimum absolute atomic E-state index is 0.0684. The summed E-state index contributed by atoms with van der Waals surface area (Å²) in [6.45, 7) is 0. The molecule has 22 heavy (non-hydrogen) atoms. The Kier molecular flexibility index (Phi) is 3.76. The van der Waals surface area contributed by atoms with E-state index in [1.54, 1.807) is 6.07 Å². The number of fused-ring (bicyclic) bond motifs is 1. The van der Waals surface area contributed by atoms with Crippen LogP contribution in [0.4, 0.5) is 11.4 Å². The van der Waals surface area contributed by atoms with Crippen LogP contribution >= 0.6 is 23.2 Å². The number of benzene rings is 2. The van der Waals surface area contributed by atoms with Gasteiger partial charge in [-0.1, -0.05) is 23.2 Å². The van der Waals surface area contributed by atoms with Crippen LogP contribution in [-0.2, 0) is 21.2 Å². The van der Waals surface area contributed by atoms with Crippen molar-refractivity contribution in [2.24, 2.45) is 0 Å². The van der Waals surface area contributed by atoms with Crippen molar-refractivity contribution < 1.29 is 13.2 Å². The lowest BCUT2D eigenvalue weighted by molar-refractivity contribution is -0.115. The standard InChI is InChI=1S/C14H10Cl2N2O3S/c15-9-5-10(16)7-11(6-9)18-22(20,21)12-1-2-13-8(3-12)4-14(19)17-13/h1-3,5-7,18H,4H2,(H,17,19). The van der Waals surface area contributed by atoms with Crippen LogP contribution in [0, 0.1) is 0 Å². The number of carbonyl (C=O) groups is 1. The maximum atomic E-state index is 12.4. The molecule has 0 radical (unpaired) electrons. The normalized spacial score (nSPS) is 13.6. The van der Waals surface area contributed by atoms with Gasteiger partial charge in [0, 0.05) is 15.7 Å². The third-order valence-electron chi connectivity index (χ3n) is 3.13. The highest BCUT2D eigenvalue weighted by Gasteiger charge is 2.22. The number of amides is 1. The molecule has 8 heteroatoms. The lowest BCUT2D eigenvalue weighted by Crippen LogP contribution is -2.13. The van der Waals surface area contributed by atoms with E-state index >= 15 is 0 Å². The number of hydrogen-bond acceptors (Lipinski definition) is 3. The second-order valence-electron chi connectivity index (χ2n) is 4.81. The first kappa shape index (κ1) is 15.1. The summed E-state index contributed by atoms with van der Waals surface area (Å²) in [6.07, 6.45) is 0.168. The van der Waals surface area contributed by atoms with Gasteiger partial charge in [0.15, 0.2) is 0 Å². The van der Waals surface area contributed by atoms with Crippen LogP contribution in [0.15, 0.2) is 41.3 Å². The molecule has 2 aromatic rings. The van der Waals surface area contributed by atoms with E-state index in [9.17, 15) is 13.2 Å². The summed E-state index contributed by atoms with van der Waals surface area (Å²) in [6, 6.07) is 8.90. The van der Waals surface area contributed by atoms with Crippen molar-refractivity contribution in [2.45, 2.75) is 11.3 Å². The Bertz CT molecular complexity index is 861. The smallest absolute Gasteiger partial charge is 0.261 e. The fourth-order valence-corrected chi connectivity index (χ4v) is 3.82. The van der Waals surface area contributed by atoms with Gasteiger partial charge in [0.1, 0.15) is 0 Å². The molecule has 0 saturated heterocycles. The molecule has 0 spiro atoms. The molecule has 0 aromatic heterocycles. The van der Waals surface area contributed by atoms with Gasteiger partial charge in [-0.3, -0.25) is 9.52 Å². The first-order chi connectivity index (χ1) is 10.3. The molecular weight excluding hydrogens is 347 g/mol. The molecule has 114 valence electrons. The highest BCUT2D eigenvalue weighted by atomic mass is 35.5. The number of halogens is 2. The molecule has 0 aliphatic carbocycles. The quantitative estimate of drug-likeness (QED) is 0.885. The van der Waals surface area contributed by atoms with E-state index in [4.69, 9.17) is 23.2 Å². The summed E-state index contributed by atoms with van der Waals surface area (Å²) in [7, 11) is -3.79. The van der Waals surface area contributed by atoms with Crippen LogP contribution in [0.5, 0.6) is 0 Å². The van der Waals surface area contributed by atoms with Crippen LogP contribution in [0.25, 0.3) is 0 Å². The Morgan fingerprint density at radius 1 is 1.05 bits per heavy atom. The van der Waals surface area contributed by atoms with E-state index in [-0.39, 0.29) is 22.9 Å². The maximum Gasteiger partial charge on any atom is 0.261 e. The summed E-state index contributed by atoms with van der Waals surface area (Å²) in [4.78, 5) is 11.4. The molecule has 1 aliphatic heterocycles. The number of rotatable bonds is 3. The molecule has 0 atom stereocenters. The van der Waals surface area contributed by atoms with Crippen LogP contribution in [-0.4, -0.2) is 14.3 Å². The number of carbonyl (C=O) groups excluding carboxylic acids is 1. The van der Waals surface area contributed by atoms with E-state index in [1.165, 1.54) is 30.3 Å². The minimum Gasteiger partial charge on any atom is -0.326 e. The first-order valence-electron chi connectivity index (χ1n) is 6.25. The summed E-state index contributed by atoms with van der Waals surface area (Å²) in [5, 5.41) is 3.31. The van der Waals surface area contributed by atoms with Gasteiger partial charge in [0.25, 0.3) is 10.0 Å². The van der Waals surface area contributed by atoms with Gasteiger partial charge in [-0.05, 0) is 42.0 Å². The van der Waals surface area contributed by atoms with Gasteiger partial charge in [-0.25, -0.2) is 8.42 Å². The molecule has 0 unspecified atom stereocenters. The van der Waals surface area contributed by atoms with Gasteiger partial charge in [0.05, 0.1) is 17.0 Å². The van der Waals surface area contributed by atoms with Crippen molar-refractivity contribution in [3.8, 4) is 0 Å². The Balaban J connectivity index is 1.93. The van der Waals surface area contributed by atoms with Crippen molar-refractivity contribution in [2.75, 3.05) is 10.0 Å². The average Bonchev–Trinajstić information content (AvgIpc) is 2.75. The maximum absolute atomic E-state index is 12.4. The van der Waals surface area contributed by atoms with Crippen LogP contribution in [0.2, 0.25) is 10.0 Å². The van der Waals surface area contributed by atoms with E-state index in [1.807, 2.05) is 0 Å². The third-order valence-corrected chi connectivity index (χ3v) is 4.94. The van der Waals surface area contributed by atoms with Crippen molar-refractivity contribution in [1.29, 1.82) is 0 Å². The van der Waals surface area contributed by atoms with Crippen molar-refractivity contribution >= 4 is 50.5 Å². The topological polar surface area (TPSA) is 75.3 Å². The fraction of sp³-hybridized carbons (Fsp3) is 0.0714. The second-order valence-corrected chi connectivity index (χ2v) is 7.36. The molecule has 1 aliphatic rings. The van der Waals surface area contributed by atoms with E-state index < -0.39 is 10.0 Å². The molecule has 2 aromatic carbocycles. The highest BCUT2D eigenvalue weighted by molar-refractivity contribution is 7.92. The van der Waals surface area contributed by atoms with E-state index in [0.29, 0.717) is 21.3 Å². The molecule has 0 bridgehead atoms. The number of anilines is 2. The Morgan fingerprint density at radius 3 is 2.41 bits per heavy atom. The Morgan fingerprint density at radius 2 is 1.73 bits per heavy atom. The zero-order valence-electron chi connectivity index (χ0n) is 11.1. The summed E-state index contributed by atoms with van der Waals surface area (Å²) >= 11 is 11.7. The van der Waals surface area contributed by atoms with Gasteiger partial charge in [0.2, 0.25) is 5.91 Å². The van der Waals surface area contributed by atoms with Crippen LogP contribution in [0.3, 0.4) is 0 Å². The summed E-state index contributed by atoms with van der Waals surface area (Å²) in [5.74, 6) is -0.154. The van der Waals surface area contributed by atoms with Crippen molar-refractivity contribution in [3.63, 3.8) is 0 Å². The lowest BCUT2D eigenvalue weighted by Gasteiger charge is -2.10. The minimum atomic E-state index is -3.79. The molecule has 3 rings (SSSR count). The molecule has 2 N–H and O–H groups in total. The summed E-state index contributed by atoms with van der Waals surface area (Å²) < 4.78 is 27.2. The Hall–Kier alpha value is -1.76. The molecule has 5 nitrogen and oxygen atoms in total. The zero-order chi connectivity index (χ0) is 15.9. The van der Waals surface area contributed by atoms with Gasteiger partial charge in [-0.15, -0.1) is 0 Å². The highest BCUT2D eigenvalue weighted by Crippen LogP contribution is 2.28. The fourth-order valence-electron chi connectivity index (χ4n) is 2.20. The zero-order valence-corrected chi connectivity index (χ0v) is 13.4. The molecule has 0 saturated carbocycles. The number of hydrogen-bond donors (Lipinski definition) is 2. The van der Waals surface area contributed by atoms with Crippen LogP contribution in [0.1, 0.15) is 5.56 Å². The van der Waals surface area contributed by atoms with Crippen molar-refractivity contribution in [1.82, 2.24) is 0 Å². The first-order valence-corrected chi connectivity index (χ1v) is 8.49. The molecule has 0 fully saturated rings. The van der Waals surface area contributed by atoms with Gasteiger partial charge in [-0.2, -0.15) is 0 Å². The van der Waals surface area contributed by atoms with Crippen molar-refractivity contribution in [3.05, 3.63) is 52.0 Å². The predicted octanol–water partition coefficient (Wildman–Crippen LogP) is 3.29. The number of sulfonamides is 1. The lowest BCUT2D eigenvalue weighted by atomic mass is 10.2. The predicted molar refractivity (Wildman–Crippen MR) is 86.0 cm³/mol.